The van der Waals surface area contributed by atoms with Crippen LogP contribution in [-0.2, 0) is 32.5 Å². The van der Waals surface area contributed by atoms with Crippen molar-refractivity contribution in [1.29, 1.82) is 0 Å². The molecule has 0 atom stereocenters. The molecule has 0 unspecified atom stereocenters. The van der Waals surface area contributed by atoms with E-state index >= 15 is 0 Å². The summed E-state index contributed by atoms with van der Waals surface area (Å²) >= 11 is 0. The van der Waals surface area contributed by atoms with Gasteiger partial charge in [0.1, 0.15) is 0 Å². The highest BCUT2D eigenvalue weighted by molar-refractivity contribution is 7.00. The van der Waals surface area contributed by atoms with Gasteiger partial charge in [-0.15, -0.1) is 0 Å². The number of nitrogens with zero attached hydrogens (tertiary/aromatic N) is 2. The molecule has 402 valence electrons. The van der Waals surface area contributed by atoms with Gasteiger partial charge in [-0.3, -0.25) is 0 Å². The Balaban J connectivity index is 1.15. The Bertz CT molecular complexity index is 3840. The van der Waals surface area contributed by atoms with E-state index in [0.717, 1.165) is 18.5 Å². The van der Waals surface area contributed by atoms with Crippen molar-refractivity contribution in [2.45, 2.75) is 149 Å². The van der Waals surface area contributed by atoms with Gasteiger partial charge in [-0.2, -0.15) is 0 Å². The van der Waals surface area contributed by atoms with E-state index in [1.54, 1.807) is 0 Å². The van der Waals surface area contributed by atoms with Gasteiger partial charge in [0.25, 0.3) is 6.71 Å². The summed E-state index contributed by atoms with van der Waals surface area (Å²) in [7, 11) is 0. The largest absolute Gasteiger partial charge is 0.311 e. The standard InChI is InChI=1S/C77H81BN2/c1-50-43-69-71-70(44-50)80(66-39-35-58(73(5,6)7)46-61(66)53-24-22-23-52(45-53)51-29-31-54(32-30-51)72(2,3)4)68-49-63-62(74(8,9)41-42-75(63,10)11)48-65(68)78(71)64-47-59(77(14,15)56-27-20-17-21-28-56)36-40-67(64)79(69)60-37-33-57(34-38-60)76(12,13)55-25-18-16-19-26-55/h16-40,43-49H,41-42H2,1-15H3. The first-order valence-electron chi connectivity index (χ1n) is 29.5. The molecule has 2 heterocycles. The van der Waals surface area contributed by atoms with Crippen LogP contribution >= 0.6 is 0 Å². The van der Waals surface area contributed by atoms with Crippen molar-refractivity contribution in [3.05, 3.63) is 244 Å². The van der Waals surface area contributed by atoms with Crippen molar-refractivity contribution in [2.75, 3.05) is 9.80 Å². The number of anilines is 6. The van der Waals surface area contributed by atoms with E-state index in [4.69, 9.17) is 0 Å². The predicted octanol–water partition coefficient (Wildman–Crippen LogP) is 19.0. The number of rotatable bonds is 8. The Labute approximate surface area is 480 Å². The van der Waals surface area contributed by atoms with Gasteiger partial charge in [-0.25, -0.2) is 0 Å². The lowest BCUT2D eigenvalue weighted by Crippen LogP contribution is -2.62. The molecular weight excluding hydrogens is 964 g/mol. The molecule has 9 aromatic rings. The van der Waals surface area contributed by atoms with E-state index in [1.165, 1.54) is 117 Å². The number of benzene rings is 9. The van der Waals surface area contributed by atoms with E-state index in [1.807, 2.05) is 0 Å². The first kappa shape index (κ1) is 53.3. The first-order valence-corrected chi connectivity index (χ1v) is 29.5. The summed E-state index contributed by atoms with van der Waals surface area (Å²) in [6.45, 7) is 35.6. The molecule has 2 nitrogen and oxygen atoms in total. The smallest absolute Gasteiger partial charge is 0.252 e. The van der Waals surface area contributed by atoms with Crippen LogP contribution in [0.4, 0.5) is 34.1 Å². The summed E-state index contributed by atoms with van der Waals surface area (Å²) in [5.41, 5.74) is 28.0. The number of hydrogen-bond acceptors (Lipinski definition) is 2. The van der Waals surface area contributed by atoms with Crippen LogP contribution < -0.4 is 26.2 Å². The summed E-state index contributed by atoms with van der Waals surface area (Å²) in [6, 6.07) is 75.3. The second-order valence-corrected chi connectivity index (χ2v) is 28.2. The number of hydrogen-bond donors (Lipinski definition) is 0. The zero-order valence-corrected chi connectivity index (χ0v) is 50.4. The van der Waals surface area contributed by atoms with Gasteiger partial charge in [0, 0.05) is 44.8 Å². The molecule has 0 saturated heterocycles. The van der Waals surface area contributed by atoms with E-state index in [2.05, 4.69) is 308 Å². The van der Waals surface area contributed by atoms with E-state index in [-0.39, 0.29) is 39.2 Å². The molecule has 0 bridgehead atoms. The minimum atomic E-state index is -0.250. The van der Waals surface area contributed by atoms with Gasteiger partial charge >= 0.3 is 0 Å². The molecule has 0 spiro atoms. The SMILES string of the molecule is Cc1cc2c3c(c1)N(c1ccc(C(C)(C)C)cc1-c1cccc(-c4ccc(C(C)(C)C)cc4)c1)c1cc4c(cc1B3c1cc(C(C)(C)c3ccccc3)ccc1N2c1ccc(C(C)(C)c2ccccc2)cc1)C(C)(C)CCC4(C)C. The van der Waals surface area contributed by atoms with Gasteiger partial charge in [-0.05, 0) is 179 Å². The molecule has 0 saturated carbocycles. The Morgan fingerprint density at radius 1 is 0.362 bits per heavy atom. The molecule has 0 fully saturated rings. The molecule has 2 aliphatic heterocycles. The lowest BCUT2D eigenvalue weighted by molar-refractivity contribution is 0.332. The fourth-order valence-electron chi connectivity index (χ4n) is 13.7. The van der Waals surface area contributed by atoms with E-state index < -0.39 is 0 Å². The summed E-state index contributed by atoms with van der Waals surface area (Å²) < 4.78 is 0. The zero-order valence-electron chi connectivity index (χ0n) is 50.4. The highest BCUT2D eigenvalue weighted by atomic mass is 15.2. The highest BCUT2D eigenvalue weighted by Crippen LogP contribution is 2.53. The van der Waals surface area contributed by atoms with Gasteiger partial charge in [-0.1, -0.05) is 236 Å². The quantitative estimate of drug-likeness (QED) is 0.140. The molecule has 0 radical (unpaired) electrons. The van der Waals surface area contributed by atoms with Crippen LogP contribution in [0.1, 0.15) is 160 Å². The van der Waals surface area contributed by atoms with Crippen molar-refractivity contribution in [3.63, 3.8) is 0 Å². The van der Waals surface area contributed by atoms with Crippen molar-refractivity contribution >= 4 is 57.2 Å². The molecule has 0 N–H and O–H groups in total. The van der Waals surface area contributed by atoms with Gasteiger partial charge < -0.3 is 9.80 Å². The average Bonchev–Trinajstić information content (AvgIpc) is 3.54. The van der Waals surface area contributed by atoms with Crippen LogP contribution in [0.3, 0.4) is 0 Å². The molecule has 3 aliphatic rings. The molecule has 0 amide bonds. The molecule has 12 rings (SSSR count). The third kappa shape index (κ3) is 8.95. The molecule has 80 heavy (non-hydrogen) atoms. The minimum Gasteiger partial charge on any atom is -0.311 e. The normalized spacial score (nSPS) is 15.5. The summed E-state index contributed by atoms with van der Waals surface area (Å²) in [4.78, 5) is 5.30. The molecular formula is C77H81BN2. The van der Waals surface area contributed by atoms with Crippen LogP contribution in [0.25, 0.3) is 22.3 Å². The topological polar surface area (TPSA) is 6.48 Å². The molecule has 1 aliphatic carbocycles. The Morgan fingerprint density at radius 2 is 0.850 bits per heavy atom. The first-order chi connectivity index (χ1) is 37.8. The van der Waals surface area contributed by atoms with Crippen LogP contribution in [0.15, 0.2) is 194 Å². The van der Waals surface area contributed by atoms with E-state index in [0.29, 0.717) is 0 Å². The maximum absolute atomic E-state index is 2.70. The third-order valence-electron chi connectivity index (χ3n) is 19.1. The van der Waals surface area contributed by atoms with Crippen molar-refractivity contribution < 1.29 is 0 Å². The fraction of sp³-hybridized carbons (Fsp3) is 0.299. The maximum atomic E-state index is 2.70. The Morgan fingerprint density at radius 3 is 1.45 bits per heavy atom. The summed E-state index contributed by atoms with van der Waals surface area (Å²) in [5.74, 6) is 0. The van der Waals surface area contributed by atoms with Crippen molar-refractivity contribution in [1.82, 2.24) is 0 Å². The van der Waals surface area contributed by atoms with Gasteiger partial charge in [0.05, 0.1) is 5.69 Å². The van der Waals surface area contributed by atoms with Gasteiger partial charge in [0.2, 0.25) is 0 Å². The van der Waals surface area contributed by atoms with Crippen LogP contribution in [0.2, 0.25) is 0 Å². The third-order valence-corrected chi connectivity index (χ3v) is 19.1. The second-order valence-electron chi connectivity index (χ2n) is 28.2. The number of fused-ring (bicyclic) bond motifs is 5. The Kier molecular flexibility index (Phi) is 12.6. The maximum Gasteiger partial charge on any atom is 0.252 e. The average molecular weight is 1050 g/mol. The zero-order chi connectivity index (χ0) is 56.5. The molecule has 0 aromatic heterocycles. The predicted molar refractivity (Wildman–Crippen MR) is 346 cm³/mol. The minimum absolute atomic E-state index is 0.00207. The monoisotopic (exact) mass is 1040 g/mol. The molecule has 9 aromatic carbocycles. The highest BCUT2D eigenvalue weighted by Gasteiger charge is 2.47. The lowest BCUT2D eigenvalue weighted by atomic mass is 9.33. The second kappa shape index (κ2) is 18.9. The number of aryl methyl sites for hydroxylation is 1. The van der Waals surface area contributed by atoms with E-state index in [9.17, 15) is 0 Å². The van der Waals surface area contributed by atoms with Crippen molar-refractivity contribution in [2.24, 2.45) is 0 Å². The van der Waals surface area contributed by atoms with Crippen LogP contribution in [-0.4, -0.2) is 6.71 Å². The van der Waals surface area contributed by atoms with Crippen LogP contribution in [0.5, 0.6) is 0 Å². The van der Waals surface area contributed by atoms with Crippen molar-refractivity contribution in [3.8, 4) is 22.3 Å². The van der Waals surface area contributed by atoms with Gasteiger partial charge in [0.15, 0.2) is 0 Å². The molecule has 3 heteroatoms. The lowest BCUT2D eigenvalue weighted by Gasteiger charge is -2.48. The summed E-state index contributed by atoms with van der Waals surface area (Å²) in [5, 5.41) is 0. The van der Waals surface area contributed by atoms with Crippen LogP contribution in [0, 0.1) is 6.92 Å². The Hall–Kier alpha value is -7.36. The summed E-state index contributed by atoms with van der Waals surface area (Å²) in [6.07, 6.45) is 2.28. The fourth-order valence-corrected chi connectivity index (χ4v) is 13.7.